The molecule has 0 saturated carbocycles. The van der Waals surface area contributed by atoms with Gasteiger partial charge >= 0.3 is 0 Å². The molecule has 14 heavy (non-hydrogen) atoms. The van der Waals surface area contributed by atoms with Crippen LogP contribution in [0.5, 0.6) is 5.88 Å². The normalized spacial score (nSPS) is 10.6. The average Bonchev–Trinajstić information content (AvgIpc) is 2.12. The van der Waals surface area contributed by atoms with E-state index in [0.29, 0.717) is 18.4 Å². The van der Waals surface area contributed by atoms with Gasteiger partial charge in [-0.25, -0.2) is 0 Å². The first-order valence-corrected chi connectivity index (χ1v) is 4.94. The Morgan fingerprint density at radius 1 is 1.43 bits per heavy atom. The second-order valence-electron chi connectivity index (χ2n) is 3.68. The zero-order chi connectivity index (χ0) is 10.4. The molecule has 0 saturated heterocycles. The standard InChI is InChI=1S/C11H16FNO/c1-9(2)5-4-8-14-11-7-3-6-10(12)13-11/h3,6-7,9H,4-5,8H2,1-2H3. The monoisotopic (exact) mass is 197 g/mol. The lowest BCUT2D eigenvalue weighted by atomic mass is 10.1. The Labute approximate surface area is 84.1 Å². The third kappa shape index (κ3) is 4.21. The largest absolute Gasteiger partial charge is 0.478 e. The number of nitrogens with zero attached hydrogens (tertiary/aromatic N) is 1. The van der Waals surface area contributed by atoms with Gasteiger partial charge in [0.2, 0.25) is 11.8 Å². The first-order valence-electron chi connectivity index (χ1n) is 4.94. The number of aromatic nitrogens is 1. The minimum Gasteiger partial charge on any atom is -0.478 e. The predicted molar refractivity (Wildman–Crippen MR) is 53.8 cm³/mol. The van der Waals surface area contributed by atoms with E-state index in [-0.39, 0.29) is 0 Å². The van der Waals surface area contributed by atoms with Gasteiger partial charge in [-0.15, -0.1) is 0 Å². The van der Waals surface area contributed by atoms with Crippen molar-refractivity contribution in [1.82, 2.24) is 4.98 Å². The summed E-state index contributed by atoms with van der Waals surface area (Å²) in [5.74, 6) is 0.555. The van der Waals surface area contributed by atoms with Crippen molar-refractivity contribution in [2.24, 2.45) is 5.92 Å². The lowest BCUT2D eigenvalue weighted by Gasteiger charge is -2.06. The third-order valence-corrected chi connectivity index (χ3v) is 1.87. The van der Waals surface area contributed by atoms with Crippen molar-refractivity contribution in [1.29, 1.82) is 0 Å². The molecule has 0 unspecified atom stereocenters. The van der Waals surface area contributed by atoms with E-state index in [1.165, 1.54) is 6.07 Å². The zero-order valence-corrected chi connectivity index (χ0v) is 8.66. The molecule has 78 valence electrons. The van der Waals surface area contributed by atoms with E-state index >= 15 is 0 Å². The first kappa shape index (κ1) is 11.0. The maximum Gasteiger partial charge on any atom is 0.216 e. The Kier molecular flexibility index (Phi) is 4.36. The molecule has 0 aliphatic heterocycles. The minimum absolute atomic E-state index is 0.369. The molecule has 1 heterocycles. The zero-order valence-electron chi connectivity index (χ0n) is 8.66. The van der Waals surface area contributed by atoms with Crippen molar-refractivity contribution in [3.63, 3.8) is 0 Å². The molecular weight excluding hydrogens is 181 g/mol. The van der Waals surface area contributed by atoms with E-state index < -0.39 is 5.95 Å². The van der Waals surface area contributed by atoms with Crippen LogP contribution < -0.4 is 4.74 Å². The van der Waals surface area contributed by atoms with Gasteiger partial charge in [0.1, 0.15) is 0 Å². The smallest absolute Gasteiger partial charge is 0.216 e. The van der Waals surface area contributed by atoms with Gasteiger partial charge in [0.25, 0.3) is 0 Å². The van der Waals surface area contributed by atoms with Crippen molar-refractivity contribution in [2.75, 3.05) is 6.61 Å². The highest BCUT2D eigenvalue weighted by Crippen LogP contribution is 2.08. The molecule has 1 aromatic heterocycles. The molecule has 1 aromatic rings. The molecule has 0 atom stereocenters. The molecule has 1 rings (SSSR count). The highest BCUT2D eigenvalue weighted by Gasteiger charge is 1.98. The van der Waals surface area contributed by atoms with Crippen molar-refractivity contribution in [2.45, 2.75) is 26.7 Å². The molecule has 0 bridgehead atoms. The summed E-state index contributed by atoms with van der Waals surface area (Å²) in [7, 11) is 0. The quantitative estimate of drug-likeness (QED) is 0.534. The fraction of sp³-hybridized carbons (Fsp3) is 0.545. The first-order chi connectivity index (χ1) is 6.68. The highest BCUT2D eigenvalue weighted by atomic mass is 19.1. The molecular formula is C11H16FNO. The SMILES string of the molecule is CC(C)CCCOc1cccc(F)n1. The summed E-state index contributed by atoms with van der Waals surface area (Å²) < 4.78 is 17.9. The van der Waals surface area contributed by atoms with Gasteiger partial charge in [-0.1, -0.05) is 19.9 Å². The van der Waals surface area contributed by atoms with Gasteiger partial charge in [0.15, 0.2) is 0 Å². The van der Waals surface area contributed by atoms with E-state index in [1.807, 2.05) is 0 Å². The summed E-state index contributed by atoms with van der Waals surface area (Å²) >= 11 is 0. The molecule has 0 aliphatic carbocycles. The Morgan fingerprint density at radius 3 is 2.86 bits per heavy atom. The van der Waals surface area contributed by atoms with Gasteiger partial charge in [0, 0.05) is 6.07 Å². The van der Waals surface area contributed by atoms with Crippen LogP contribution in [-0.2, 0) is 0 Å². The van der Waals surface area contributed by atoms with Crippen LogP contribution in [0.25, 0.3) is 0 Å². The van der Waals surface area contributed by atoms with Crippen LogP contribution in [0.1, 0.15) is 26.7 Å². The van der Waals surface area contributed by atoms with Gasteiger partial charge in [0.05, 0.1) is 6.61 Å². The summed E-state index contributed by atoms with van der Waals surface area (Å²) in [6.45, 7) is 4.94. The molecule has 0 fully saturated rings. The lowest BCUT2D eigenvalue weighted by Crippen LogP contribution is -2.01. The summed E-state index contributed by atoms with van der Waals surface area (Å²) in [4.78, 5) is 3.60. The number of pyridine rings is 1. The maximum atomic E-state index is 12.6. The van der Waals surface area contributed by atoms with Crippen LogP contribution in [0.4, 0.5) is 4.39 Å². The fourth-order valence-corrected chi connectivity index (χ4v) is 1.14. The molecule has 0 N–H and O–H groups in total. The number of rotatable bonds is 5. The van der Waals surface area contributed by atoms with Crippen LogP contribution in [0.2, 0.25) is 0 Å². The van der Waals surface area contributed by atoms with Gasteiger partial charge in [-0.3, -0.25) is 0 Å². The molecule has 0 aromatic carbocycles. The number of halogens is 1. The highest BCUT2D eigenvalue weighted by molar-refractivity contribution is 5.10. The topological polar surface area (TPSA) is 22.1 Å². The van der Waals surface area contributed by atoms with Crippen LogP contribution >= 0.6 is 0 Å². The van der Waals surface area contributed by atoms with Crippen molar-refractivity contribution < 1.29 is 9.13 Å². The minimum atomic E-state index is -0.494. The van der Waals surface area contributed by atoms with Crippen molar-refractivity contribution in [3.05, 3.63) is 24.1 Å². The lowest BCUT2D eigenvalue weighted by molar-refractivity contribution is 0.283. The Morgan fingerprint density at radius 2 is 2.21 bits per heavy atom. The van der Waals surface area contributed by atoms with E-state index in [2.05, 4.69) is 18.8 Å². The summed E-state index contributed by atoms with van der Waals surface area (Å²) in [5.41, 5.74) is 0. The average molecular weight is 197 g/mol. The number of ether oxygens (including phenoxy) is 1. The van der Waals surface area contributed by atoms with Crippen LogP contribution in [-0.4, -0.2) is 11.6 Å². The van der Waals surface area contributed by atoms with E-state index in [9.17, 15) is 4.39 Å². The molecule has 3 heteroatoms. The molecule has 0 aliphatic rings. The van der Waals surface area contributed by atoms with Gasteiger partial charge in [-0.2, -0.15) is 9.37 Å². The van der Waals surface area contributed by atoms with Crippen LogP contribution in [0.15, 0.2) is 18.2 Å². The molecule has 0 radical (unpaired) electrons. The summed E-state index contributed by atoms with van der Waals surface area (Å²) in [5, 5.41) is 0. The van der Waals surface area contributed by atoms with E-state index in [1.54, 1.807) is 12.1 Å². The molecule has 2 nitrogen and oxygen atoms in total. The van der Waals surface area contributed by atoms with Crippen LogP contribution in [0, 0.1) is 11.9 Å². The summed E-state index contributed by atoms with van der Waals surface area (Å²) in [6.07, 6.45) is 2.10. The van der Waals surface area contributed by atoms with E-state index in [0.717, 1.165) is 12.8 Å². The van der Waals surface area contributed by atoms with Crippen molar-refractivity contribution in [3.8, 4) is 5.88 Å². The Bertz CT molecular complexity index is 276. The Hall–Kier alpha value is -1.12. The fourth-order valence-electron chi connectivity index (χ4n) is 1.14. The van der Waals surface area contributed by atoms with E-state index in [4.69, 9.17) is 4.74 Å². The summed E-state index contributed by atoms with van der Waals surface area (Å²) in [6, 6.07) is 4.57. The maximum absolute atomic E-state index is 12.6. The third-order valence-electron chi connectivity index (χ3n) is 1.87. The van der Waals surface area contributed by atoms with Crippen LogP contribution in [0.3, 0.4) is 0 Å². The van der Waals surface area contributed by atoms with Gasteiger partial charge < -0.3 is 4.74 Å². The molecule has 0 amide bonds. The number of hydrogen-bond acceptors (Lipinski definition) is 2. The molecule has 0 spiro atoms. The predicted octanol–water partition coefficient (Wildman–Crippen LogP) is 3.04. The second-order valence-corrected chi connectivity index (χ2v) is 3.68. The second kappa shape index (κ2) is 5.58. The van der Waals surface area contributed by atoms with Crippen molar-refractivity contribution >= 4 is 0 Å². The number of hydrogen-bond donors (Lipinski definition) is 0. The van der Waals surface area contributed by atoms with Gasteiger partial charge in [-0.05, 0) is 24.8 Å². The Balaban J connectivity index is 2.25.